The van der Waals surface area contributed by atoms with Crippen LogP contribution in [0.1, 0.15) is 18.4 Å². The van der Waals surface area contributed by atoms with Crippen molar-refractivity contribution in [2.24, 2.45) is 0 Å². The molecule has 0 radical (unpaired) electrons. The molecule has 0 aliphatic carbocycles. The van der Waals surface area contributed by atoms with Crippen molar-refractivity contribution in [3.63, 3.8) is 0 Å². The van der Waals surface area contributed by atoms with Gasteiger partial charge in [-0.05, 0) is 58.2 Å². The van der Waals surface area contributed by atoms with Crippen LogP contribution in [-0.2, 0) is 6.54 Å². The molecule has 1 aromatic rings. The topological polar surface area (TPSA) is 26.7 Å². The number of nitrogens with zero attached hydrogens (tertiary/aromatic N) is 2. The van der Waals surface area contributed by atoms with Crippen molar-refractivity contribution in [3.05, 3.63) is 28.8 Å². The van der Waals surface area contributed by atoms with Crippen LogP contribution < -0.4 is 0 Å². The Balaban J connectivity index is 1.98. The lowest BCUT2D eigenvalue weighted by atomic mass is 10.0. The Morgan fingerprint density at radius 2 is 2.06 bits per heavy atom. The normalized spacial score (nSPS) is 18.4. The SMILES string of the molecule is CN1CCC(N(C)Cc2cc(Cl)ccc2O)CC1. The number of halogens is 1. The van der Waals surface area contributed by atoms with Gasteiger partial charge in [-0.1, -0.05) is 11.6 Å². The largest absolute Gasteiger partial charge is 0.508 e. The Labute approximate surface area is 114 Å². The molecule has 0 atom stereocenters. The van der Waals surface area contributed by atoms with Crippen LogP contribution in [0.2, 0.25) is 5.02 Å². The third kappa shape index (κ3) is 3.37. The molecule has 1 aliphatic rings. The van der Waals surface area contributed by atoms with Gasteiger partial charge in [-0.25, -0.2) is 0 Å². The zero-order chi connectivity index (χ0) is 13.1. The number of piperidine rings is 1. The molecule has 0 saturated carbocycles. The molecule has 1 N–H and O–H groups in total. The van der Waals surface area contributed by atoms with Crippen LogP contribution in [0.4, 0.5) is 0 Å². The molecule has 4 heteroatoms. The minimum absolute atomic E-state index is 0.333. The monoisotopic (exact) mass is 268 g/mol. The Morgan fingerprint density at radius 1 is 1.39 bits per heavy atom. The predicted octanol–water partition coefficient (Wildman–Crippen LogP) is 2.57. The van der Waals surface area contributed by atoms with E-state index in [1.165, 1.54) is 12.8 Å². The Kier molecular flexibility index (Phi) is 4.49. The summed E-state index contributed by atoms with van der Waals surface area (Å²) in [6, 6.07) is 5.83. The van der Waals surface area contributed by atoms with Crippen LogP contribution >= 0.6 is 11.6 Å². The van der Waals surface area contributed by atoms with Gasteiger partial charge in [0, 0.05) is 23.2 Å². The van der Waals surface area contributed by atoms with E-state index in [4.69, 9.17) is 11.6 Å². The fourth-order valence-corrected chi connectivity index (χ4v) is 2.71. The van der Waals surface area contributed by atoms with E-state index in [1.807, 2.05) is 6.07 Å². The van der Waals surface area contributed by atoms with Crippen molar-refractivity contribution in [2.75, 3.05) is 27.2 Å². The lowest BCUT2D eigenvalue weighted by Crippen LogP contribution is -2.41. The molecule has 1 aromatic carbocycles. The first-order chi connectivity index (χ1) is 8.56. The molecule has 1 saturated heterocycles. The van der Waals surface area contributed by atoms with E-state index in [9.17, 15) is 5.11 Å². The second-order valence-corrected chi connectivity index (χ2v) is 5.66. The van der Waals surface area contributed by atoms with Gasteiger partial charge in [-0.15, -0.1) is 0 Å². The van der Waals surface area contributed by atoms with E-state index in [0.717, 1.165) is 25.2 Å². The zero-order valence-corrected chi connectivity index (χ0v) is 11.8. The first kappa shape index (κ1) is 13.7. The number of phenols is 1. The molecule has 18 heavy (non-hydrogen) atoms. The number of hydrogen-bond acceptors (Lipinski definition) is 3. The van der Waals surface area contributed by atoms with Crippen molar-refractivity contribution in [3.8, 4) is 5.75 Å². The fourth-order valence-electron chi connectivity index (χ4n) is 2.51. The van der Waals surface area contributed by atoms with Crippen LogP contribution in [0.5, 0.6) is 5.75 Å². The molecular weight excluding hydrogens is 248 g/mol. The number of aromatic hydroxyl groups is 1. The maximum Gasteiger partial charge on any atom is 0.120 e. The molecule has 3 nitrogen and oxygen atoms in total. The van der Waals surface area contributed by atoms with E-state index in [0.29, 0.717) is 16.8 Å². The summed E-state index contributed by atoms with van der Waals surface area (Å²) < 4.78 is 0. The molecule has 0 bridgehead atoms. The summed E-state index contributed by atoms with van der Waals surface area (Å²) in [7, 11) is 4.29. The maximum absolute atomic E-state index is 9.83. The average Bonchev–Trinajstić information content (AvgIpc) is 2.34. The summed E-state index contributed by atoms with van der Waals surface area (Å²) in [5.41, 5.74) is 0.906. The van der Waals surface area contributed by atoms with Gasteiger partial charge in [0.25, 0.3) is 0 Å². The maximum atomic E-state index is 9.83. The molecule has 2 rings (SSSR count). The van der Waals surface area contributed by atoms with Crippen molar-refractivity contribution in [1.82, 2.24) is 9.80 Å². The molecule has 0 amide bonds. The molecule has 0 spiro atoms. The second-order valence-electron chi connectivity index (χ2n) is 5.22. The summed E-state index contributed by atoms with van der Waals surface area (Å²) in [6.07, 6.45) is 2.38. The molecule has 1 heterocycles. The van der Waals surface area contributed by atoms with E-state index >= 15 is 0 Å². The second kappa shape index (κ2) is 5.91. The van der Waals surface area contributed by atoms with Gasteiger partial charge < -0.3 is 10.0 Å². The van der Waals surface area contributed by atoms with E-state index in [-0.39, 0.29) is 0 Å². The summed E-state index contributed by atoms with van der Waals surface area (Å²) in [5.74, 6) is 0.333. The van der Waals surface area contributed by atoms with Crippen LogP contribution in [0.3, 0.4) is 0 Å². The van der Waals surface area contributed by atoms with Crippen molar-refractivity contribution >= 4 is 11.6 Å². The molecule has 0 unspecified atom stereocenters. The van der Waals surface area contributed by atoms with Crippen LogP contribution in [-0.4, -0.2) is 48.1 Å². The Bertz CT molecular complexity index is 403. The summed E-state index contributed by atoms with van der Waals surface area (Å²) in [4.78, 5) is 4.68. The minimum atomic E-state index is 0.333. The molecular formula is C14H21ClN2O. The van der Waals surface area contributed by atoms with E-state index < -0.39 is 0 Å². The van der Waals surface area contributed by atoms with Gasteiger partial charge in [-0.3, -0.25) is 4.90 Å². The van der Waals surface area contributed by atoms with Gasteiger partial charge in [0.2, 0.25) is 0 Å². The van der Waals surface area contributed by atoms with E-state index in [1.54, 1.807) is 12.1 Å². The Morgan fingerprint density at radius 3 is 2.72 bits per heavy atom. The highest BCUT2D eigenvalue weighted by Crippen LogP contribution is 2.24. The quantitative estimate of drug-likeness (QED) is 0.913. The van der Waals surface area contributed by atoms with Crippen LogP contribution in [0.15, 0.2) is 18.2 Å². The molecule has 1 aliphatic heterocycles. The Hall–Kier alpha value is -0.770. The highest BCUT2D eigenvalue weighted by molar-refractivity contribution is 6.30. The molecule has 0 aromatic heterocycles. The highest BCUT2D eigenvalue weighted by atomic mass is 35.5. The molecule has 1 fully saturated rings. The predicted molar refractivity (Wildman–Crippen MR) is 75.1 cm³/mol. The van der Waals surface area contributed by atoms with Crippen molar-refractivity contribution in [2.45, 2.75) is 25.4 Å². The summed E-state index contributed by atoms with van der Waals surface area (Å²) >= 11 is 5.97. The zero-order valence-electron chi connectivity index (χ0n) is 11.1. The first-order valence-corrected chi connectivity index (χ1v) is 6.80. The van der Waals surface area contributed by atoms with Crippen LogP contribution in [0.25, 0.3) is 0 Å². The third-order valence-electron chi connectivity index (χ3n) is 3.77. The number of benzene rings is 1. The van der Waals surface area contributed by atoms with Gasteiger partial charge in [-0.2, -0.15) is 0 Å². The van der Waals surface area contributed by atoms with Gasteiger partial charge >= 0.3 is 0 Å². The number of phenolic OH excluding ortho intramolecular Hbond substituents is 1. The van der Waals surface area contributed by atoms with Crippen molar-refractivity contribution < 1.29 is 5.11 Å². The summed E-state index contributed by atoms with van der Waals surface area (Å²) in [6.45, 7) is 3.05. The van der Waals surface area contributed by atoms with E-state index in [2.05, 4.69) is 23.9 Å². The minimum Gasteiger partial charge on any atom is -0.508 e. The van der Waals surface area contributed by atoms with Gasteiger partial charge in [0.05, 0.1) is 0 Å². The first-order valence-electron chi connectivity index (χ1n) is 6.42. The van der Waals surface area contributed by atoms with Crippen LogP contribution in [0, 0.1) is 0 Å². The molecule has 100 valence electrons. The fraction of sp³-hybridized carbons (Fsp3) is 0.571. The van der Waals surface area contributed by atoms with Gasteiger partial charge in [0.1, 0.15) is 5.75 Å². The van der Waals surface area contributed by atoms with Crippen molar-refractivity contribution in [1.29, 1.82) is 0 Å². The summed E-state index contributed by atoms with van der Waals surface area (Å²) in [5, 5.41) is 10.5. The standard InChI is InChI=1S/C14H21ClN2O/c1-16-7-5-13(6-8-16)17(2)10-11-9-12(15)3-4-14(11)18/h3-4,9,13,18H,5-8,10H2,1-2H3. The van der Waals surface area contributed by atoms with Gasteiger partial charge in [0.15, 0.2) is 0 Å². The number of rotatable bonds is 3. The third-order valence-corrected chi connectivity index (χ3v) is 4.01. The smallest absolute Gasteiger partial charge is 0.120 e. The highest BCUT2D eigenvalue weighted by Gasteiger charge is 2.21. The number of likely N-dealkylation sites (tertiary alicyclic amines) is 1. The lowest BCUT2D eigenvalue weighted by Gasteiger charge is -2.35. The number of hydrogen-bond donors (Lipinski definition) is 1. The average molecular weight is 269 g/mol. The lowest BCUT2D eigenvalue weighted by molar-refractivity contribution is 0.138.